The first kappa shape index (κ1) is 38.0. The molecule has 6 heteroatoms. The Bertz CT molecular complexity index is 449. The summed E-state index contributed by atoms with van der Waals surface area (Å²) in [7, 11) is -2.16. The summed E-state index contributed by atoms with van der Waals surface area (Å²) in [4.78, 5) is 8.21. The molecule has 0 bridgehead atoms. The Morgan fingerprint density at radius 1 is 0.447 bits per heavy atom. The largest absolute Gasteiger partial charge is 0.395 e. The molecule has 0 rings (SSSR count). The zero-order chi connectivity index (χ0) is 28.7. The molecule has 0 aromatic rings. The van der Waals surface area contributed by atoms with Crippen LogP contribution in [0.25, 0.3) is 0 Å². The highest BCUT2D eigenvalue weighted by atomic mass is 28.4. The summed E-state index contributed by atoms with van der Waals surface area (Å²) < 4.78 is 12.7. The minimum Gasteiger partial charge on any atom is -0.395 e. The lowest BCUT2D eigenvalue weighted by molar-refractivity contribution is 0.109. The van der Waals surface area contributed by atoms with E-state index in [2.05, 4.69) is 76.6 Å². The second-order valence-electron chi connectivity index (χ2n) is 11.8. The third kappa shape index (κ3) is 17.0. The molecule has 0 aliphatic carbocycles. The highest BCUT2D eigenvalue weighted by Gasteiger charge is 2.38. The summed E-state index contributed by atoms with van der Waals surface area (Å²) in [5.41, 5.74) is 0.335. The van der Waals surface area contributed by atoms with Crippen molar-refractivity contribution < 1.29 is 8.85 Å². The topological polar surface area (TPSA) is 28.2 Å². The van der Waals surface area contributed by atoms with Crippen LogP contribution in [0.3, 0.4) is 0 Å². The van der Waals surface area contributed by atoms with Gasteiger partial charge in [0.25, 0.3) is 0 Å². The van der Waals surface area contributed by atoms with Crippen molar-refractivity contribution in [3.63, 3.8) is 0 Å². The van der Waals surface area contributed by atoms with Gasteiger partial charge in [-0.3, -0.25) is 0 Å². The van der Waals surface area contributed by atoms with Gasteiger partial charge >= 0.3 is 8.56 Å². The van der Waals surface area contributed by atoms with E-state index in [4.69, 9.17) is 8.85 Å². The molecular weight excluding hydrogens is 486 g/mol. The lowest BCUT2D eigenvalue weighted by atomic mass is 9.75. The Labute approximate surface area is 241 Å². The fraction of sp³-hybridized carbons (Fsp3) is 1.00. The van der Waals surface area contributed by atoms with Gasteiger partial charge in [-0.2, -0.15) is 0 Å². The average Bonchev–Trinajstić information content (AvgIpc) is 2.88. The van der Waals surface area contributed by atoms with E-state index in [1.54, 1.807) is 0 Å². The van der Waals surface area contributed by atoms with Gasteiger partial charge in [0.2, 0.25) is 0 Å². The summed E-state index contributed by atoms with van der Waals surface area (Å²) in [6, 6.07) is 1.11. The van der Waals surface area contributed by atoms with E-state index in [-0.39, 0.29) is 0 Å². The van der Waals surface area contributed by atoms with Crippen LogP contribution in [0.15, 0.2) is 0 Å². The van der Waals surface area contributed by atoms with Crippen molar-refractivity contribution in [2.45, 2.75) is 132 Å². The first-order chi connectivity index (χ1) is 18.3. The van der Waals surface area contributed by atoms with Crippen LogP contribution in [-0.2, 0) is 8.85 Å². The molecule has 5 nitrogen and oxygen atoms in total. The predicted octanol–water partition coefficient (Wildman–Crippen LogP) is 8.04. The average molecular weight is 558 g/mol. The molecule has 0 spiro atoms. The molecule has 0 aliphatic rings. The molecule has 38 heavy (non-hydrogen) atoms. The number of hydrogen-bond donors (Lipinski definition) is 0. The maximum absolute atomic E-state index is 6.36. The zero-order valence-electron chi connectivity index (χ0n) is 27.7. The summed E-state index contributed by atoms with van der Waals surface area (Å²) in [5, 5.41) is 0. The zero-order valence-corrected chi connectivity index (χ0v) is 28.7. The lowest BCUT2D eigenvalue weighted by Gasteiger charge is -2.41. The van der Waals surface area contributed by atoms with Gasteiger partial charge in [-0.15, -0.1) is 0 Å². The third-order valence-corrected chi connectivity index (χ3v) is 11.1. The first-order valence-corrected chi connectivity index (χ1v) is 19.3. The molecule has 0 amide bonds. The Kier molecular flexibility index (Phi) is 23.7. The fourth-order valence-corrected chi connectivity index (χ4v) is 8.71. The monoisotopic (exact) mass is 558 g/mol. The van der Waals surface area contributed by atoms with Crippen LogP contribution in [0, 0.1) is 5.41 Å². The van der Waals surface area contributed by atoms with Crippen LogP contribution in [0.1, 0.15) is 120 Å². The highest BCUT2D eigenvalue weighted by molar-refractivity contribution is 6.66. The van der Waals surface area contributed by atoms with Crippen molar-refractivity contribution in [3.05, 3.63) is 0 Å². The van der Waals surface area contributed by atoms with Crippen molar-refractivity contribution in [1.82, 2.24) is 14.7 Å². The molecule has 0 heterocycles. The summed E-state index contributed by atoms with van der Waals surface area (Å²) >= 11 is 0. The van der Waals surface area contributed by atoms with E-state index >= 15 is 0 Å². The molecule has 0 aromatic heterocycles. The molecule has 0 fully saturated rings. The Hall–Kier alpha value is 0.0169. The van der Waals surface area contributed by atoms with Gasteiger partial charge in [-0.25, -0.2) is 0 Å². The van der Waals surface area contributed by atoms with Crippen LogP contribution in [0.2, 0.25) is 12.6 Å². The third-order valence-electron chi connectivity index (χ3n) is 8.12. The standard InChI is InChI=1S/C32H71N3O2Si/c1-10-22-33(23-11-2)28-18-32(19-29-34(24-12-3)25-13-4,20-30-35(26-14-5)27-15-6)21-31-38(9,36-16-7)37-17-8/h10-31H2,1-9H3. The van der Waals surface area contributed by atoms with Crippen molar-refractivity contribution in [2.24, 2.45) is 5.41 Å². The second-order valence-corrected chi connectivity index (χ2v) is 15.1. The lowest BCUT2D eigenvalue weighted by Crippen LogP contribution is -2.43. The number of nitrogens with zero attached hydrogens (tertiary/aromatic N) is 3. The molecule has 0 N–H and O–H groups in total. The van der Waals surface area contributed by atoms with Gasteiger partial charge in [-0.1, -0.05) is 41.5 Å². The number of rotatable bonds is 28. The molecule has 0 saturated heterocycles. The number of hydrogen-bond acceptors (Lipinski definition) is 5. The molecule has 0 saturated carbocycles. The second kappa shape index (κ2) is 23.7. The van der Waals surface area contributed by atoms with E-state index in [1.165, 1.54) is 123 Å². The van der Waals surface area contributed by atoms with Gasteiger partial charge in [0.1, 0.15) is 0 Å². The van der Waals surface area contributed by atoms with E-state index in [0.29, 0.717) is 5.41 Å². The van der Waals surface area contributed by atoms with Gasteiger partial charge in [0.15, 0.2) is 0 Å². The fourth-order valence-electron chi connectivity index (χ4n) is 6.13. The molecular formula is C32H71N3O2Si. The van der Waals surface area contributed by atoms with Crippen molar-refractivity contribution in [2.75, 3.05) is 72.1 Å². The normalized spacial score (nSPS) is 12.9. The van der Waals surface area contributed by atoms with E-state index in [9.17, 15) is 0 Å². The quantitative estimate of drug-likeness (QED) is 0.0908. The molecule has 0 unspecified atom stereocenters. The predicted molar refractivity (Wildman–Crippen MR) is 172 cm³/mol. The van der Waals surface area contributed by atoms with E-state index in [0.717, 1.165) is 19.3 Å². The smallest absolute Gasteiger partial charge is 0.334 e. The summed E-state index contributed by atoms with van der Waals surface area (Å²) in [6.07, 6.45) is 12.6. The van der Waals surface area contributed by atoms with Crippen LogP contribution < -0.4 is 0 Å². The highest BCUT2D eigenvalue weighted by Crippen LogP contribution is 2.40. The van der Waals surface area contributed by atoms with Crippen molar-refractivity contribution in [1.29, 1.82) is 0 Å². The van der Waals surface area contributed by atoms with E-state index in [1.807, 2.05) is 0 Å². The first-order valence-electron chi connectivity index (χ1n) is 16.8. The Morgan fingerprint density at radius 2 is 0.737 bits per heavy atom. The summed E-state index contributed by atoms with van der Waals surface area (Å²) in [6.45, 7) is 33.1. The van der Waals surface area contributed by atoms with Gasteiger partial charge in [0, 0.05) is 13.2 Å². The molecule has 0 atom stereocenters. The minimum atomic E-state index is -2.16. The molecule has 0 aromatic carbocycles. The van der Waals surface area contributed by atoms with Crippen LogP contribution >= 0.6 is 0 Å². The molecule has 230 valence electrons. The minimum absolute atomic E-state index is 0.335. The van der Waals surface area contributed by atoms with Crippen molar-refractivity contribution in [3.8, 4) is 0 Å². The van der Waals surface area contributed by atoms with Crippen LogP contribution in [-0.4, -0.2) is 95.4 Å². The maximum atomic E-state index is 6.36. The van der Waals surface area contributed by atoms with Crippen molar-refractivity contribution >= 4 is 8.56 Å². The van der Waals surface area contributed by atoms with Crippen LogP contribution in [0.5, 0.6) is 0 Å². The Morgan fingerprint density at radius 3 is 0.974 bits per heavy atom. The van der Waals surface area contributed by atoms with Gasteiger partial charge in [0.05, 0.1) is 0 Å². The van der Waals surface area contributed by atoms with Gasteiger partial charge in [-0.05, 0) is 155 Å². The maximum Gasteiger partial charge on any atom is 0.334 e. The van der Waals surface area contributed by atoms with Gasteiger partial charge < -0.3 is 23.6 Å². The van der Waals surface area contributed by atoms with E-state index < -0.39 is 8.56 Å². The van der Waals surface area contributed by atoms with Crippen LogP contribution in [0.4, 0.5) is 0 Å². The summed E-state index contributed by atoms with van der Waals surface area (Å²) in [5.74, 6) is 0. The molecule has 0 radical (unpaired) electrons. The SMILES string of the molecule is CCCN(CCC)CCC(CCN(CCC)CCC)(CCN(CCC)CCC)CC[Si](C)(OCC)OCC. The Balaban J connectivity index is 6.11. The molecule has 0 aliphatic heterocycles.